The van der Waals surface area contributed by atoms with Crippen molar-refractivity contribution >= 4 is 22.6 Å². The highest BCUT2D eigenvalue weighted by atomic mass is 19.3. The molecule has 2 aliphatic rings. The van der Waals surface area contributed by atoms with Crippen LogP contribution in [-0.4, -0.2) is 45.1 Å². The Morgan fingerprint density at radius 1 is 1.26 bits per heavy atom. The number of aromatic amines is 1. The Hall–Kier alpha value is -4.99. The van der Waals surface area contributed by atoms with Crippen LogP contribution >= 0.6 is 0 Å². The molecule has 1 saturated carbocycles. The molecule has 3 heterocycles. The number of benzene rings is 2. The number of H-pyrrole nitrogens is 1. The van der Waals surface area contributed by atoms with Crippen LogP contribution in [0.2, 0.25) is 0 Å². The van der Waals surface area contributed by atoms with E-state index in [4.69, 9.17) is 10.00 Å². The lowest BCUT2D eigenvalue weighted by molar-refractivity contribution is -0.286. The van der Waals surface area contributed by atoms with E-state index in [1.54, 1.807) is 18.2 Å². The molecule has 1 fully saturated rings. The summed E-state index contributed by atoms with van der Waals surface area (Å²) in [5.74, 6) is -0.291. The van der Waals surface area contributed by atoms with Crippen LogP contribution in [0.4, 0.5) is 14.5 Å². The number of halogens is 2. The number of nitrogens with zero attached hydrogens (tertiary/aromatic N) is 5. The molecule has 0 atom stereocenters. The maximum Gasteiger partial charge on any atom is 0.586 e. The summed E-state index contributed by atoms with van der Waals surface area (Å²) in [5.41, 5.74) is 1.88. The molecule has 0 saturated heterocycles. The summed E-state index contributed by atoms with van der Waals surface area (Å²) in [6.07, 6.45) is -0.825. The Labute approximate surface area is 219 Å². The number of nitrogens with one attached hydrogen (secondary N) is 1. The lowest BCUT2D eigenvalue weighted by Gasteiger charge is -2.23. The summed E-state index contributed by atoms with van der Waals surface area (Å²) in [4.78, 5) is 35.3. The number of carbonyl (C=O) groups excluding carboxylic acids is 1. The van der Waals surface area contributed by atoms with Gasteiger partial charge in [-0.15, -0.1) is 8.78 Å². The quantitative estimate of drug-likeness (QED) is 0.381. The van der Waals surface area contributed by atoms with Crippen molar-refractivity contribution in [3.63, 3.8) is 0 Å². The van der Waals surface area contributed by atoms with E-state index >= 15 is 0 Å². The fourth-order valence-electron chi connectivity index (χ4n) is 4.59. The van der Waals surface area contributed by atoms with Crippen LogP contribution in [0.1, 0.15) is 18.4 Å². The van der Waals surface area contributed by atoms with Crippen LogP contribution in [0, 0.1) is 11.3 Å². The van der Waals surface area contributed by atoms with Crippen LogP contribution in [0.15, 0.2) is 47.5 Å². The molecule has 39 heavy (non-hydrogen) atoms. The zero-order valence-electron chi connectivity index (χ0n) is 20.5. The standard InChI is InChI=1S/C26H20F2N6O5/c1-37-19-10-15(3-2-14(19)8-9-29)22-23-24(31-13-30-23)25(36)33(32-22)12-21(35)34(16-4-5-16)17-6-7-18-20(11-17)39-26(27,28)38-18/h2-3,6-7,10-11,13,16H,4-5,8,12H2,1H3,(H,30,31). The number of amides is 1. The molecule has 0 unspecified atom stereocenters. The summed E-state index contributed by atoms with van der Waals surface area (Å²) >= 11 is 0. The molecule has 1 amide bonds. The number of fused-ring (bicyclic) bond motifs is 2. The number of aromatic nitrogens is 4. The van der Waals surface area contributed by atoms with Gasteiger partial charge in [-0.05, 0) is 31.0 Å². The SMILES string of the molecule is COc1cc(-c2nn(CC(=O)N(c3ccc4c(c3)OC(F)(F)O4)C3CC3)c(=O)c3nc[nH]c23)ccc1CC#N. The number of methoxy groups -OCH3 is 1. The third-order valence-corrected chi connectivity index (χ3v) is 6.49. The molecule has 4 aromatic rings. The first-order chi connectivity index (χ1) is 18.8. The van der Waals surface area contributed by atoms with Gasteiger partial charge in [-0.25, -0.2) is 9.67 Å². The van der Waals surface area contributed by atoms with Gasteiger partial charge in [0, 0.05) is 28.9 Å². The average molecular weight is 534 g/mol. The molecule has 0 spiro atoms. The molecule has 198 valence electrons. The van der Waals surface area contributed by atoms with Crippen molar-refractivity contribution in [1.29, 1.82) is 5.26 Å². The van der Waals surface area contributed by atoms with Gasteiger partial charge in [0.15, 0.2) is 17.0 Å². The van der Waals surface area contributed by atoms with Crippen molar-refractivity contribution < 1.29 is 27.8 Å². The second-order valence-electron chi connectivity index (χ2n) is 9.09. The lowest BCUT2D eigenvalue weighted by Crippen LogP contribution is -2.39. The van der Waals surface area contributed by atoms with Gasteiger partial charge in [-0.2, -0.15) is 10.4 Å². The topological polar surface area (TPSA) is 135 Å². The third-order valence-electron chi connectivity index (χ3n) is 6.49. The van der Waals surface area contributed by atoms with Gasteiger partial charge in [0.2, 0.25) is 5.91 Å². The van der Waals surface area contributed by atoms with E-state index in [9.17, 15) is 18.4 Å². The van der Waals surface area contributed by atoms with Gasteiger partial charge in [0.25, 0.3) is 5.56 Å². The molecular formula is C26H20F2N6O5. The highest BCUT2D eigenvalue weighted by Gasteiger charge is 2.44. The second kappa shape index (κ2) is 9.09. The minimum atomic E-state index is -3.78. The zero-order valence-corrected chi connectivity index (χ0v) is 20.5. The summed E-state index contributed by atoms with van der Waals surface area (Å²) < 4.78 is 42.5. The summed E-state index contributed by atoms with van der Waals surface area (Å²) in [7, 11) is 1.49. The van der Waals surface area contributed by atoms with Gasteiger partial charge in [-0.1, -0.05) is 12.1 Å². The Bertz CT molecular complexity index is 1720. The van der Waals surface area contributed by atoms with Gasteiger partial charge >= 0.3 is 6.29 Å². The Kier molecular flexibility index (Phi) is 5.67. The second-order valence-corrected chi connectivity index (χ2v) is 9.09. The van der Waals surface area contributed by atoms with Crippen LogP contribution in [0.3, 0.4) is 0 Å². The number of ether oxygens (including phenoxy) is 3. The molecule has 1 aliphatic heterocycles. The Morgan fingerprint density at radius 2 is 2.05 bits per heavy atom. The van der Waals surface area contributed by atoms with E-state index in [1.807, 2.05) is 0 Å². The number of rotatable bonds is 7. The molecule has 1 N–H and O–H groups in total. The third kappa shape index (κ3) is 4.39. The summed E-state index contributed by atoms with van der Waals surface area (Å²) in [5, 5.41) is 13.6. The number of nitriles is 1. The number of hydrogen-bond donors (Lipinski definition) is 1. The van der Waals surface area contributed by atoms with E-state index in [0.29, 0.717) is 33.8 Å². The predicted molar refractivity (Wildman–Crippen MR) is 133 cm³/mol. The molecular weight excluding hydrogens is 514 g/mol. The van der Waals surface area contributed by atoms with E-state index < -0.39 is 24.3 Å². The van der Waals surface area contributed by atoms with Crippen molar-refractivity contribution in [3.8, 4) is 34.6 Å². The summed E-state index contributed by atoms with van der Waals surface area (Å²) in [6.45, 7) is -0.417. The van der Waals surface area contributed by atoms with E-state index in [1.165, 1.54) is 36.5 Å². The van der Waals surface area contributed by atoms with Gasteiger partial charge < -0.3 is 24.1 Å². The number of hydrogen-bond acceptors (Lipinski definition) is 8. The zero-order chi connectivity index (χ0) is 27.3. The maximum absolute atomic E-state index is 13.5. The van der Waals surface area contributed by atoms with Crippen LogP contribution in [0.25, 0.3) is 22.3 Å². The van der Waals surface area contributed by atoms with Gasteiger partial charge in [0.05, 0.1) is 31.4 Å². The van der Waals surface area contributed by atoms with Gasteiger partial charge in [0.1, 0.15) is 18.0 Å². The maximum atomic E-state index is 13.5. The average Bonchev–Trinajstić information content (AvgIpc) is 3.50. The molecule has 2 aromatic carbocycles. The van der Waals surface area contributed by atoms with Crippen LogP contribution < -0.4 is 24.7 Å². The highest BCUT2D eigenvalue weighted by Crippen LogP contribution is 2.44. The van der Waals surface area contributed by atoms with Gasteiger partial charge in [-0.3, -0.25) is 9.59 Å². The predicted octanol–water partition coefficient (Wildman–Crippen LogP) is 3.38. The first-order valence-electron chi connectivity index (χ1n) is 12.0. The number of anilines is 1. The van der Waals surface area contributed by atoms with E-state index in [-0.39, 0.29) is 29.5 Å². The van der Waals surface area contributed by atoms with E-state index in [0.717, 1.165) is 17.5 Å². The van der Waals surface area contributed by atoms with Crippen molar-refractivity contribution in [2.45, 2.75) is 38.1 Å². The molecule has 13 heteroatoms. The van der Waals surface area contributed by atoms with Crippen LogP contribution in [0.5, 0.6) is 17.2 Å². The minimum absolute atomic E-state index is 0.0937. The molecule has 11 nitrogen and oxygen atoms in total. The van der Waals surface area contributed by atoms with Crippen LogP contribution in [-0.2, 0) is 17.8 Å². The largest absolute Gasteiger partial charge is 0.586 e. The highest BCUT2D eigenvalue weighted by molar-refractivity contribution is 5.95. The number of alkyl halides is 2. The Balaban J connectivity index is 1.37. The molecule has 1 aliphatic carbocycles. The normalized spacial score (nSPS) is 15.2. The van der Waals surface area contributed by atoms with Crippen molar-refractivity contribution in [1.82, 2.24) is 19.7 Å². The fourth-order valence-corrected chi connectivity index (χ4v) is 4.59. The van der Waals surface area contributed by atoms with Crippen molar-refractivity contribution in [2.75, 3.05) is 12.0 Å². The van der Waals surface area contributed by atoms with Crippen molar-refractivity contribution in [2.24, 2.45) is 0 Å². The fraction of sp³-hybridized carbons (Fsp3) is 0.269. The first-order valence-corrected chi connectivity index (χ1v) is 12.0. The molecule has 0 radical (unpaired) electrons. The lowest BCUT2D eigenvalue weighted by atomic mass is 10.0. The van der Waals surface area contributed by atoms with Crippen molar-refractivity contribution in [3.05, 3.63) is 58.6 Å². The number of imidazole rings is 1. The Morgan fingerprint density at radius 3 is 2.79 bits per heavy atom. The minimum Gasteiger partial charge on any atom is -0.496 e. The number of carbonyl (C=O) groups is 1. The molecule has 2 aromatic heterocycles. The molecule has 6 rings (SSSR count). The van der Waals surface area contributed by atoms with E-state index in [2.05, 4.69) is 30.6 Å². The first kappa shape index (κ1) is 24.4. The smallest absolute Gasteiger partial charge is 0.496 e. The molecule has 0 bridgehead atoms. The summed E-state index contributed by atoms with van der Waals surface area (Å²) in [6, 6.07) is 11.2. The monoisotopic (exact) mass is 534 g/mol.